The summed E-state index contributed by atoms with van der Waals surface area (Å²) in [7, 11) is 1.86. The second kappa shape index (κ2) is 7.40. The van der Waals surface area contributed by atoms with Crippen LogP contribution in [0.25, 0.3) is 16.6 Å². The minimum atomic E-state index is 0.281. The molecule has 0 saturated heterocycles. The summed E-state index contributed by atoms with van der Waals surface area (Å²) < 4.78 is 3.48. The molecule has 4 aromatic rings. The van der Waals surface area contributed by atoms with Crippen molar-refractivity contribution in [2.45, 2.75) is 33.1 Å². The fraction of sp³-hybridized carbons (Fsp3) is 0.273. The van der Waals surface area contributed by atoms with Crippen LogP contribution < -0.4 is 0 Å². The van der Waals surface area contributed by atoms with E-state index >= 15 is 0 Å². The van der Waals surface area contributed by atoms with Crippen LogP contribution in [0, 0.1) is 25.2 Å². The first-order valence-electron chi connectivity index (χ1n) is 9.51. The van der Waals surface area contributed by atoms with Gasteiger partial charge in [-0.2, -0.15) is 15.5 Å². The third kappa shape index (κ3) is 3.45. The van der Waals surface area contributed by atoms with E-state index in [0.29, 0.717) is 0 Å². The Morgan fingerprint density at radius 1 is 1.10 bits per heavy atom. The number of phenols is 1. The highest BCUT2D eigenvalue weighted by molar-refractivity contribution is 5.82. The highest BCUT2D eigenvalue weighted by Crippen LogP contribution is 2.26. The summed E-state index contributed by atoms with van der Waals surface area (Å²) in [5.41, 5.74) is 6.99. The highest BCUT2D eigenvalue weighted by Gasteiger charge is 2.16. The van der Waals surface area contributed by atoms with Crippen LogP contribution in [0.1, 0.15) is 34.4 Å². The first-order valence-corrected chi connectivity index (χ1v) is 9.51. The molecule has 1 N–H and O–H groups in total. The Morgan fingerprint density at radius 2 is 1.93 bits per heavy atom. The smallest absolute Gasteiger partial charge is 0.120 e. The van der Waals surface area contributed by atoms with Gasteiger partial charge in [0.05, 0.1) is 29.7 Å². The molecule has 1 aliphatic rings. The summed E-state index contributed by atoms with van der Waals surface area (Å²) in [6.45, 7) is 3.89. The van der Waals surface area contributed by atoms with Crippen molar-refractivity contribution in [3.8, 4) is 17.5 Å². The van der Waals surface area contributed by atoms with Crippen molar-refractivity contribution in [3.63, 3.8) is 0 Å². The van der Waals surface area contributed by atoms with Crippen LogP contribution in [0.3, 0.4) is 0 Å². The van der Waals surface area contributed by atoms with Gasteiger partial charge >= 0.3 is 0 Å². The second-order valence-electron chi connectivity index (χ2n) is 7.31. The maximum atomic E-state index is 9.75. The van der Waals surface area contributed by atoms with Crippen molar-refractivity contribution in [2.24, 2.45) is 7.05 Å². The zero-order valence-corrected chi connectivity index (χ0v) is 16.7. The van der Waals surface area contributed by atoms with E-state index in [1.165, 1.54) is 17.7 Å². The number of aromatic nitrogens is 5. The third-order valence-electron chi connectivity index (χ3n) is 5.34. The lowest BCUT2D eigenvalue weighted by atomic mass is 10.1. The minimum absolute atomic E-state index is 0.281. The molecule has 1 aliphatic carbocycles. The topological polar surface area (TPSA) is 92.5 Å². The molecule has 5 rings (SSSR count). The molecule has 0 fully saturated rings. The zero-order valence-electron chi connectivity index (χ0n) is 16.7. The molecule has 0 amide bonds. The van der Waals surface area contributed by atoms with Crippen molar-refractivity contribution in [1.82, 2.24) is 24.5 Å². The monoisotopic (exact) mass is 386 g/mol. The first-order chi connectivity index (χ1) is 14.0. The summed E-state index contributed by atoms with van der Waals surface area (Å²) in [5.74, 6) is 0.281. The Bertz CT molecular complexity index is 1240. The average Bonchev–Trinajstić information content (AvgIpc) is 3.43. The number of benzene rings is 1. The molecule has 146 valence electrons. The van der Waals surface area contributed by atoms with Crippen molar-refractivity contribution >= 4 is 10.9 Å². The maximum Gasteiger partial charge on any atom is 0.120 e. The van der Waals surface area contributed by atoms with Crippen LogP contribution in [0.5, 0.6) is 5.75 Å². The Hall–Kier alpha value is -3.66. The molecule has 0 atom stereocenters. The van der Waals surface area contributed by atoms with Gasteiger partial charge in [-0.1, -0.05) is 0 Å². The molecule has 29 heavy (non-hydrogen) atoms. The predicted octanol–water partition coefficient (Wildman–Crippen LogP) is 3.52. The van der Waals surface area contributed by atoms with Gasteiger partial charge in [-0.25, -0.2) is 4.68 Å². The molecule has 0 saturated carbocycles. The number of hydrogen-bond acceptors (Lipinski definition) is 5. The van der Waals surface area contributed by atoms with Crippen LogP contribution in [-0.2, 0) is 19.9 Å². The molecule has 3 aromatic heterocycles. The number of hydrogen-bond donors (Lipinski definition) is 1. The van der Waals surface area contributed by atoms with Crippen molar-refractivity contribution < 1.29 is 5.11 Å². The predicted molar refractivity (Wildman–Crippen MR) is 110 cm³/mol. The molecule has 3 heterocycles. The van der Waals surface area contributed by atoms with E-state index in [2.05, 4.69) is 21.3 Å². The Balaban J connectivity index is 0.000000150. The molecule has 7 heteroatoms. The van der Waals surface area contributed by atoms with Gasteiger partial charge in [0, 0.05) is 30.4 Å². The van der Waals surface area contributed by atoms with Gasteiger partial charge < -0.3 is 5.11 Å². The van der Waals surface area contributed by atoms with E-state index in [0.717, 1.165) is 46.1 Å². The third-order valence-corrected chi connectivity index (χ3v) is 5.34. The van der Waals surface area contributed by atoms with E-state index < -0.39 is 0 Å². The van der Waals surface area contributed by atoms with E-state index in [4.69, 9.17) is 5.26 Å². The van der Waals surface area contributed by atoms with Crippen molar-refractivity contribution in [1.29, 1.82) is 5.26 Å². The van der Waals surface area contributed by atoms with Gasteiger partial charge in [0.1, 0.15) is 17.5 Å². The lowest BCUT2D eigenvalue weighted by molar-refractivity contribution is 0.472. The van der Waals surface area contributed by atoms with Gasteiger partial charge in [-0.05, 0) is 55.9 Å². The van der Waals surface area contributed by atoms with E-state index in [9.17, 15) is 5.11 Å². The Kier molecular flexibility index (Phi) is 4.77. The van der Waals surface area contributed by atoms with Gasteiger partial charge in [0.2, 0.25) is 0 Å². The molecular weight excluding hydrogens is 364 g/mol. The lowest BCUT2D eigenvalue weighted by Gasteiger charge is -2.03. The fourth-order valence-corrected chi connectivity index (χ4v) is 3.69. The molecule has 7 nitrogen and oxygen atoms in total. The van der Waals surface area contributed by atoms with Crippen molar-refractivity contribution in [3.05, 3.63) is 64.9 Å². The lowest BCUT2D eigenvalue weighted by Crippen LogP contribution is -1.94. The molecule has 0 radical (unpaired) electrons. The molecule has 0 aliphatic heterocycles. The van der Waals surface area contributed by atoms with Gasteiger partial charge in [0.25, 0.3) is 0 Å². The van der Waals surface area contributed by atoms with Gasteiger partial charge in [-0.3, -0.25) is 9.67 Å². The van der Waals surface area contributed by atoms with E-state index in [-0.39, 0.29) is 5.75 Å². The Morgan fingerprint density at radius 3 is 2.66 bits per heavy atom. The summed E-state index contributed by atoms with van der Waals surface area (Å²) in [5, 5.41) is 27.9. The van der Waals surface area contributed by atoms with Crippen LogP contribution in [0.4, 0.5) is 0 Å². The largest absolute Gasteiger partial charge is 0.508 e. The molecule has 0 spiro atoms. The number of aryl methyl sites for hydroxylation is 3. The number of nitriles is 1. The number of nitrogens with zero attached hydrogens (tertiary/aromatic N) is 6. The summed E-state index contributed by atoms with van der Waals surface area (Å²) >= 11 is 0. The van der Waals surface area contributed by atoms with E-state index in [1.54, 1.807) is 34.0 Å². The number of rotatable bonds is 1. The fourth-order valence-electron chi connectivity index (χ4n) is 3.69. The van der Waals surface area contributed by atoms with Gasteiger partial charge in [0.15, 0.2) is 0 Å². The van der Waals surface area contributed by atoms with E-state index in [1.807, 2.05) is 33.2 Å². The van der Waals surface area contributed by atoms with Crippen molar-refractivity contribution in [2.75, 3.05) is 0 Å². The number of aromatic hydroxyl groups is 1. The standard InChI is InChI=1S/C12H12N4O.C10H10N2/c1-8-3-9-5-14-16(11(9)4-12(8)17)10-6-13-15(2)7-10;1-7-8(5-11)6-12-10-4-2-3-9(7)10/h3-7,17H,1-2H3;6H,2-4H2,1H3. The maximum absolute atomic E-state index is 9.75. The quantitative estimate of drug-likeness (QED) is 0.540. The SMILES string of the molecule is Cc1c(C#N)cnc2c1CCC2.Cc1cc2cnn(-c3cnn(C)c3)c2cc1O. The first kappa shape index (κ1) is 18.7. The molecule has 0 unspecified atom stereocenters. The summed E-state index contributed by atoms with van der Waals surface area (Å²) in [6, 6.07) is 5.81. The number of phenolic OH excluding ortho intramolecular Hbond substituents is 1. The molecular formula is C22H22N6O. The number of fused-ring (bicyclic) bond motifs is 2. The minimum Gasteiger partial charge on any atom is -0.508 e. The average molecular weight is 386 g/mol. The highest BCUT2D eigenvalue weighted by atomic mass is 16.3. The van der Waals surface area contributed by atoms with Crippen LogP contribution in [0.2, 0.25) is 0 Å². The zero-order chi connectivity index (χ0) is 20.5. The van der Waals surface area contributed by atoms with Crippen LogP contribution in [0.15, 0.2) is 36.9 Å². The Labute approximate surface area is 168 Å². The van der Waals surface area contributed by atoms with Crippen LogP contribution >= 0.6 is 0 Å². The van der Waals surface area contributed by atoms with Gasteiger partial charge in [-0.15, -0.1) is 0 Å². The number of pyridine rings is 1. The summed E-state index contributed by atoms with van der Waals surface area (Å²) in [4.78, 5) is 4.27. The second-order valence-corrected chi connectivity index (χ2v) is 7.31. The molecule has 1 aromatic carbocycles. The molecule has 0 bridgehead atoms. The summed E-state index contributed by atoms with van der Waals surface area (Å²) in [6.07, 6.45) is 10.5. The van der Waals surface area contributed by atoms with Crippen LogP contribution in [-0.4, -0.2) is 29.7 Å². The normalized spacial score (nSPS) is 12.3.